The van der Waals surface area contributed by atoms with Crippen molar-refractivity contribution in [1.82, 2.24) is 5.32 Å². The maximum absolute atomic E-state index is 5.87. The van der Waals surface area contributed by atoms with E-state index in [4.69, 9.17) is 9.47 Å². The lowest BCUT2D eigenvalue weighted by Crippen LogP contribution is -2.36. The highest BCUT2D eigenvalue weighted by Gasteiger charge is 2.19. The molecule has 3 heteroatoms. The summed E-state index contributed by atoms with van der Waals surface area (Å²) in [6, 6.07) is 8.85. The van der Waals surface area contributed by atoms with Crippen molar-refractivity contribution in [2.75, 3.05) is 20.3 Å². The molecule has 1 aromatic carbocycles. The fraction of sp³-hybridized carbons (Fsp3) is 0.647. The number of methoxy groups -OCH3 is 1. The van der Waals surface area contributed by atoms with Crippen LogP contribution in [0.15, 0.2) is 24.3 Å². The normalized spacial score (nSPS) is 20.6. The molecule has 20 heavy (non-hydrogen) atoms. The van der Waals surface area contributed by atoms with Gasteiger partial charge in [0.05, 0.1) is 13.2 Å². The van der Waals surface area contributed by atoms with E-state index in [0.717, 1.165) is 31.7 Å². The molecule has 1 saturated heterocycles. The van der Waals surface area contributed by atoms with Crippen LogP contribution in [-0.4, -0.2) is 32.4 Å². The molecule has 0 saturated carbocycles. The molecule has 112 valence electrons. The van der Waals surface area contributed by atoms with Crippen molar-refractivity contribution < 1.29 is 9.47 Å². The van der Waals surface area contributed by atoms with Crippen molar-refractivity contribution in [3.05, 3.63) is 29.8 Å². The summed E-state index contributed by atoms with van der Waals surface area (Å²) in [6.45, 7) is 4.10. The van der Waals surface area contributed by atoms with Crippen LogP contribution < -0.4 is 10.1 Å². The Morgan fingerprint density at radius 1 is 1.40 bits per heavy atom. The topological polar surface area (TPSA) is 30.5 Å². The molecule has 1 heterocycles. The molecular formula is C17H27NO2. The van der Waals surface area contributed by atoms with Crippen LogP contribution in [-0.2, 0) is 11.2 Å². The summed E-state index contributed by atoms with van der Waals surface area (Å²) in [4.78, 5) is 0. The Kier molecular flexibility index (Phi) is 6.34. The van der Waals surface area contributed by atoms with Crippen LogP contribution in [0, 0.1) is 0 Å². The molecule has 0 spiro atoms. The van der Waals surface area contributed by atoms with Crippen LogP contribution in [0.2, 0.25) is 0 Å². The first-order valence-electron chi connectivity index (χ1n) is 7.79. The number of rotatable bonds is 7. The largest absolute Gasteiger partial charge is 0.497 e. The van der Waals surface area contributed by atoms with Crippen LogP contribution in [0.25, 0.3) is 0 Å². The summed E-state index contributed by atoms with van der Waals surface area (Å²) >= 11 is 0. The van der Waals surface area contributed by atoms with Gasteiger partial charge in [0, 0.05) is 12.6 Å². The number of hydrogen-bond acceptors (Lipinski definition) is 3. The monoisotopic (exact) mass is 277 g/mol. The average molecular weight is 277 g/mol. The molecule has 2 atom stereocenters. The van der Waals surface area contributed by atoms with E-state index in [0.29, 0.717) is 12.1 Å². The molecule has 0 bridgehead atoms. The van der Waals surface area contributed by atoms with Gasteiger partial charge in [0.2, 0.25) is 0 Å². The number of ether oxygens (including phenoxy) is 2. The SMILES string of the molecule is CCNC(Cc1cccc(OC)c1)CC1CCCCO1. The van der Waals surface area contributed by atoms with E-state index in [-0.39, 0.29) is 0 Å². The van der Waals surface area contributed by atoms with E-state index in [1.165, 1.54) is 24.8 Å². The third-order valence-corrected chi connectivity index (χ3v) is 3.93. The molecule has 1 aliphatic heterocycles. The zero-order chi connectivity index (χ0) is 14.2. The Hall–Kier alpha value is -1.06. The lowest BCUT2D eigenvalue weighted by molar-refractivity contribution is 0.00535. The van der Waals surface area contributed by atoms with Crippen LogP contribution in [0.1, 0.15) is 38.2 Å². The Balaban J connectivity index is 1.93. The van der Waals surface area contributed by atoms with Crippen LogP contribution in [0.4, 0.5) is 0 Å². The molecule has 1 aromatic rings. The van der Waals surface area contributed by atoms with Crippen molar-refractivity contribution in [3.63, 3.8) is 0 Å². The summed E-state index contributed by atoms with van der Waals surface area (Å²) in [5, 5.41) is 3.60. The van der Waals surface area contributed by atoms with Crippen molar-refractivity contribution in [2.45, 2.75) is 51.2 Å². The number of benzene rings is 1. The van der Waals surface area contributed by atoms with E-state index < -0.39 is 0 Å². The summed E-state index contributed by atoms with van der Waals surface area (Å²) in [5.41, 5.74) is 1.33. The van der Waals surface area contributed by atoms with Crippen molar-refractivity contribution in [2.24, 2.45) is 0 Å². The molecule has 2 unspecified atom stereocenters. The van der Waals surface area contributed by atoms with Crippen LogP contribution in [0.5, 0.6) is 5.75 Å². The van der Waals surface area contributed by atoms with E-state index in [1.54, 1.807) is 7.11 Å². The third kappa shape index (κ3) is 4.80. The van der Waals surface area contributed by atoms with Gasteiger partial charge in [-0.3, -0.25) is 0 Å². The maximum atomic E-state index is 5.87. The quantitative estimate of drug-likeness (QED) is 0.830. The second-order valence-corrected chi connectivity index (χ2v) is 5.53. The summed E-state index contributed by atoms with van der Waals surface area (Å²) < 4.78 is 11.2. The highest BCUT2D eigenvalue weighted by molar-refractivity contribution is 5.29. The molecule has 1 fully saturated rings. The summed E-state index contributed by atoms with van der Waals surface area (Å²) in [7, 11) is 1.72. The predicted octanol–water partition coefficient (Wildman–Crippen LogP) is 3.18. The predicted molar refractivity (Wildman–Crippen MR) is 82.4 cm³/mol. The first kappa shape index (κ1) is 15.3. The fourth-order valence-corrected chi connectivity index (χ4v) is 2.92. The standard InChI is InChI=1S/C17H27NO2/c1-3-18-15(13-17-8-4-5-10-20-17)11-14-7-6-9-16(12-14)19-2/h6-7,9,12,15,17-18H,3-5,8,10-11,13H2,1-2H3. The van der Waals surface area contributed by atoms with Gasteiger partial charge in [-0.1, -0.05) is 19.1 Å². The first-order chi connectivity index (χ1) is 9.81. The highest BCUT2D eigenvalue weighted by atomic mass is 16.5. The van der Waals surface area contributed by atoms with Crippen molar-refractivity contribution in [3.8, 4) is 5.75 Å². The fourth-order valence-electron chi connectivity index (χ4n) is 2.92. The molecule has 3 nitrogen and oxygen atoms in total. The minimum atomic E-state index is 0.429. The molecule has 2 rings (SSSR count). The van der Waals surface area contributed by atoms with Gasteiger partial charge in [0.1, 0.15) is 5.75 Å². The smallest absolute Gasteiger partial charge is 0.119 e. The van der Waals surface area contributed by atoms with Gasteiger partial charge >= 0.3 is 0 Å². The van der Waals surface area contributed by atoms with Gasteiger partial charge in [-0.15, -0.1) is 0 Å². The van der Waals surface area contributed by atoms with Gasteiger partial charge in [0.15, 0.2) is 0 Å². The third-order valence-electron chi connectivity index (χ3n) is 3.93. The molecule has 0 aliphatic carbocycles. The highest BCUT2D eigenvalue weighted by Crippen LogP contribution is 2.20. The van der Waals surface area contributed by atoms with Crippen LogP contribution in [0.3, 0.4) is 0 Å². The minimum absolute atomic E-state index is 0.429. The zero-order valence-corrected chi connectivity index (χ0v) is 12.7. The maximum Gasteiger partial charge on any atom is 0.119 e. The van der Waals surface area contributed by atoms with E-state index >= 15 is 0 Å². The second kappa shape index (κ2) is 8.28. The summed E-state index contributed by atoms with van der Waals surface area (Å²) in [5.74, 6) is 0.937. The van der Waals surface area contributed by atoms with Gasteiger partial charge < -0.3 is 14.8 Å². The zero-order valence-electron chi connectivity index (χ0n) is 12.7. The average Bonchev–Trinajstić information content (AvgIpc) is 2.49. The lowest BCUT2D eigenvalue weighted by Gasteiger charge is -2.27. The van der Waals surface area contributed by atoms with Crippen molar-refractivity contribution >= 4 is 0 Å². The number of hydrogen-bond donors (Lipinski definition) is 1. The van der Waals surface area contributed by atoms with Gasteiger partial charge in [-0.05, 0) is 56.3 Å². The summed E-state index contributed by atoms with van der Waals surface area (Å²) in [6.07, 6.45) is 6.30. The van der Waals surface area contributed by atoms with E-state index in [2.05, 4.69) is 30.4 Å². The first-order valence-corrected chi connectivity index (χ1v) is 7.79. The Morgan fingerprint density at radius 3 is 3.00 bits per heavy atom. The lowest BCUT2D eigenvalue weighted by atomic mass is 9.96. The molecular weight excluding hydrogens is 250 g/mol. The number of likely N-dealkylation sites (N-methyl/N-ethyl adjacent to an activating group) is 1. The van der Waals surface area contributed by atoms with E-state index in [1.807, 2.05) is 6.07 Å². The molecule has 0 aromatic heterocycles. The Morgan fingerprint density at radius 2 is 2.30 bits per heavy atom. The van der Waals surface area contributed by atoms with Gasteiger partial charge in [0.25, 0.3) is 0 Å². The van der Waals surface area contributed by atoms with Crippen LogP contribution >= 0.6 is 0 Å². The Labute approximate surface area is 122 Å². The Bertz CT molecular complexity index is 388. The number of nitrogens with one attached hydrogen (secondary N) is 1. The minimum Gasteiger partial charge on any atom is -0.497 e. The van der Waals surface area contributed by atoms with Crippen molar-refractivity contribution in [1.29, 1.82) is 0 Å². The second-order valence-electron chi connectivity index (χ2n) is 5.53. The van der Waals surface area contributed by atoms with E-state index in [9.17, 15) is 0 Å². The van der Waals surface area contributed by atoms with Gasteiger partial charge in [-0.25, -0.2) is 0 Å². The molecule has 1 N–H and O–H groups in total. The molecule has 0 radical (unpaired) electrons. The molecule has 1 aliphatic rings. The molecule has 0 amide bonds. The van der Waals surface area contributed by atoms with Gasteiger partial charge in [-0.2, -0.15) is 0 Å².